The van der Waals surface area contributed by atoms with Crippen molar-refractivity contribution >= 4 is 35.1 Å². The summed E-state index contributed by atoms with van der Waals surface area (Å²) >= 11 is 11.8. The third kappa shape index (κ3) is 14.3. The molecule has 356 valence electrons. The normalized spacial score (nSPS) is 16.8. The SMILES string of the molecule is CN(C)[C@H](CN)Cc1ccc(O)c(Cl)c1.CN(C)[C@H](CNC(=O)CC(c1ncccn1)C1(C(F)(F)F)CC1)Cc1ccc(O)c(Cl)c1.O=C(O)CC(c1ncccn1)C1(C(F)(F)F)CC1. The van der Waals surface area contributed by atoms with Crippen LogP contribution < -0.4 is 11.1 Å². The lowest BCUT2D eigenvalue weighted by molar-refractivity contribution is -0.196. The Hall–Kier alpha value is -4.82. The minimum Gasteiger partial charge on any atom is -0.506 e. The number of rotatable bonds is 17. The molecule has 2 heterocycles. The van der Waals surface area contributed by atoms with E-state index in [-0.39, 0.29) is 72.9 Å². The molecule has 2 aromatic heterocycles. The summed E-state index contributed by atoms with van der Waals surface area (Å²) in [6.45, 7) is 0.844. The van der Waals surface area contributed by atoms with Gasteiger partial charge in [0, 0.05) is 68.2 Å². The molecule has 65 heavy (non-hydrogen) atoms. The molecule has 2 aromatic carbocycles. The average Bonchev–Trinajstić information content (AvgIpc) is 4.18. The fourth-order valence-corrected chi connectivity index (χ4v) is 7.86. The van der Waals surface area contributed by atoms with Gasteiger partial charge >= 0.3 is 18.3 Å². The highest BCUT2D eigenvalue weighted by molar-refractivity contribution is 6.32. The van der Waals surface area contributed by atoms with Crippen LogP contribution in [0.5, 0.6) is 11.5 Å². The maximum Gasteiger partial charge on any atom is 0.395 e. The van der Waals surface area contributed by atoms with E-state index in [1.165, 1.54) is 43.0 Å². The predicted molar refractivity (Wildman–Crippen MR) is 233 cm³/mol. The van der Waals surface area contributed by atoms with Crippen molar-refractivity contribution < 1.29 is 51.3 Å². The molecule has 2 aliphatic carbocycles. The van der Waals surface area contributed by atoms with Crippen LogP contribution in [0.3, 0.4) is 0 Å². The highest BCUT2D eigenvalue weighted by Crippen LogP contribution is 2.66. The number of carboxylic acid groups (broad SMARTS) is 1. The van der Waals surface area contributed by atoms with Crippen molar-refractivity contribution in [2.24, 2.45) is 16.6 Å². The number of phenolic OH excluding ortho intramolecular Hbond substituents is 2. The first kappa shape index (κ1) is 52.8. The van der Waals surface area contributed by atoms with Crippen molar-refractivity contribution in [1.29, 1.82) is 0 Å². The maximum absolute atomic E-state index is 13.8. The molecule has 6 N–H and O–H groups in total. The molecule has 2 aliphatic rings. The third-order valence-corrected chi connectivity index (χ3v) is 12.4. The number of carbonyl (C=O) groups excluding carboxylic acids is 1. The molecule has 6 rings (SSSR count). The number of likely N-dealkylation sites (N-methyl/N-ethyl adjacent to an activating group) is 2. The molecular formula is C44H54Cl2F6N8O5. The van der Waals surface area contributed by atoms with Gasteiger partial charge in [0.2, 0.25) is 5.91 Å². The molecule has 2 saturated carbocycles. The van der Waals surface area contributed by atoms with Crippen LogP contribution in [0, 0.1) is 10.8 Å². The number of phenols is 2. The van der Waals surface area contributed by atoms with Gasteiger partial charge in [-0.05, 0) is 114 Å². The number of hydrogen-bond donors (Lipinski definition) is 5. The highest BCUT2D eigenvalue weighted by Gasteiger charge is 2.69. The van der Waals surface area contributed by atoms with Gasteiger partial charge in [-0.3, -0.25) is 9.59 Å². The van der Waals surface area contributed by atoms with E-state index in [4.69, 9.17) is 34.0 Å². The fraction of sp³-hybridized carbons (Fsp3) is 0.500. The zero-order valence-corrected chi connectivity index (χ0v) is 37.8. The van der Waals surface area contributed by atoms with Crippen LogP contribution in [0.4, 0.5) is 26.3 Å². The number of benzene rings is 2. The van der Waals surface area contributed by atoms with Gasteiger partial charge in [0.1, 0.15) is 23.1 Å². The fourth-order valence-electron chi connectivity index (χ4n) is 7.45. The molecule has 1 amide bonds. The lowest BCUT2D eigenvalue weighted by Crippen LogP contribution is -2.43. The highest BCUT2D eigenvalue weighted by atomic mass is 35.5. The summed E-state index contributed by atoms with van der Waals surface area (Å²) in [4.78, 5) is 43.0. The Bertz CT molecular complexity index is 2170. The van der Waals surface area contributed by atoms with Crippen molar-refractivity contribution in [2.45, 2.75) is 87.6 Å². The number of aromatic hydroxyl groups is 2. The number of carboxylic acids is 1. The Kier molecular flexibility index (Phi) is 18.3. The molecular weight excluding hydrogens is 905 g/mol. The molecule has 4 atom stereocenters. The molecule has 0 saturated heterocycles. The van der Waals surface area contributed by atoms with Crippen molar-refractivity contribution in [2.75, 3.05) is 41.3 Å². The summed E-state index contributed by atoms with van der Waals surface area (Å²) in [5.41, 5.74) is 3.70. The second-order valence-corrected chi connectivity index (χ2v) is 17.5. The lowest BCUT2D eigenvalue weighted by atomic mass is 9.84. The first-order valence-electron chi connectivity index (χ1n) is 20.6. The molecule has 13 nitrogen and oxygen atoms in total. The smallest absolute Gasteiger partial charge is 0.395 e. The molecule has 4 aromatic rings. The average molecular weight is 960 g/mol. The Morgan fingerprint density at radius 3 is 1.42 bits per heavy atom. The largest absolute Gasteiger partial charge is 0.506 e. The van der Waals surface area contributed by atoms with Crippen LogP contribution in [-0.4, -0.2) is 123 Å². The van der Waals surface area contributed by atoms with Crippen molar-refractivity contribution in [3.05, 3.63) is 106 Å². The summed E-state index contributed by atoms with van der Waals surface area (Å²) in [5, 5.41) is 31.0. The number of hydrogen-bond acceptors (Lipinski definition) is 11. The van der Waals surface area contributed by atoms with E-state index < -0.39 is 53.3 Å². The van der Waals surface area contributed by atoms with Gasteiger partial charge < -0.3 is 36.2 Å². The van der Waals surface area contributed by atoms with Gasteiger partial charge in [-0.25, -0.2) is 19.9 Å². The predicted octanol–water partition coefficient (Wildman–Crippen LogP) is 7.80. The molecule has 2 fully saturated rings. The first-order valence-corrected chi connectivity index (χ1v) is 21.3. The number of halogens is 8. The number of nitrogens with zero attached hydrogens (tertiary/aromatic N) is 6. The number of amides is 1. The van der Waals surface area contributed by atoms with E-state index in [0.29, 0.717) is 24.0 Å². The number of nitrogens with two attached hydrogens (primary N) is 1. The molecule has 0 aliphatic heterocycles. The van der Waals surface area contributed by atoms with E-state index in [1.807, 2.05) is 39.2 Å². The standard InChI is InChI=1S/C22H26ClF3N4O2.C11H17ClN2O.C11H11F3N2O2/c1-30(2)15(10-14-4-5-18(31)17(23)11-14)13-29-19(32)12-16(20-27-8-3-9-28-20)21(6-7-21)22(24,25)26;1-14(2)9(7-13)5-8-3-4-11(15)10(12)6-8;12-11(13,14)10(2-3-10)7(6-8(17)18)9-15-4-1-5-16-9/h3-5,8-9,11,15-16,31H,6-7,10,12-13H2,1-2H3,(H,29,32);3-4,6,9,15H,5,7,13H2,1-2H3;1,4-5,7H,2-3,6H2,(H,17,18)/t15-,16?;9-;/m00./s1. The number of carbonyl (C=O) groups is 2. The summed E-state index contributed by atoms with van der Waals surface area (Å²) < 4.78 is 80.4. The minimum absolute atomic E-state index is 0.0158. The number of aromatic nitrogens is 4. The van der Waals surface area contributed by atoms with Crippen LogP contribution in [0.1, 0.15) is 73.1 Å². The van der Waals surface area contributed by atoms with Gasteiger partial charge in [-0.2, -0.15) is 26.3 Å². The first-order chi connectivity index (χ1) is 30.4. The molecule has 0 radical (unpaired) electrons. The van der Waals surface area contributed by atoms with Crippen LogP contribution >= 0.6 is 23.2 Å². The van der Waals surface area contributed by atoms with Gasteiger partial charge in [0.25, 0.3) is 0 Å². The second-order valence-electron chi connectivity index (χ2n) is 16.7. The molecule has 0 spiro atoms. The van der Waals surface area contributed by atoms with Gasteiger partial charge in [0.15, 0.2) is 0 Å². The Balaban J connectivity index is 0.000000236. The van der Waals surface area contributed by atoms with E-state index in [2.05, 4.69) is 30.2 Å². The summed E-state index contributed by atoms with van der Waals surface area (Å²) in [6, 6.07) is 13.3. The van der Waals surface area contributed by atoms with Gasteiger partial charge in [-0.1, -0.05) is 35.3 Å². The van der Waals surface area contributed by atoms with Crippen LogP contribution in [0.2, 0.25) is 10.0 Å². The lowest BCUT2D eigenvalue weighted by Gasteiger charge is -2.28. The van der Waals surface area contributed by atoms with E-state index in [0.717, 1.165) is 17.5 Å². The Morgan fingerprint density at radius 1 is 0.708 bits per heavy atom. The number of aliphatic carboxylic acids is 1. The maximum atomic E-state index is 13.8. The number of alkyl halides is 6. The van der Waals surface area contributed by atoms with Gasteiger partial charge in [-0.15, -0.1) is 0 Å². The van der Waals surface area contributed by atoms with Crippen molar-refractivity contribution in [1.82, 2.24) is 35.1 Å². The molecule has 2 unspecified atom stereocenters. The zero-order valence-electron chi connectivity index (χ0n) is 36.3. The van der Waals surface area contributed by atoms with Crippen molar-refractivity contribution in [3.63, 3.8) is 0 Å². The monoisotopic (exact) mass is 958 g/mol. The summed E-state index contributed by atoms with van der Waals surface area (Å²) in [5.74, 6) is -3.99. The summed E-state index contributed by atoms with van der Waals surface area (Å²) in [6.07, 6.45) is -3.19. The van der Waals surface area contributed by atoms with Crippen LogP contribution in [0.15, 0.2) is 73.3 Å². The Labute approximate surface area is 383 Å². The van der Waals surface area contributed by atoms with E-state index >= 15 is 0 Å². The van der Waals surface area contributed by atoms with Crippen LogP contribution in [-0.2, 0) is 22.4 Å². The van der Waals surface area contributed by atoms with Crippen molar-refractivity contribution in [3.8, 4) is 11.5 Å². The van der Waals surface area contributed by atoms with Crippen LogP contribution in [0.25, 0.3) is 0 Å². The Morgan fingerprint density at radius 2 is 1.09 bits per heavy atom. The van der Waals surface area contributed by atoms with E-state index in [1.54, 1.807) is 24.3 Å². The van der Waals surface area contributed by atoms with E-state index in [9.17, 15) is 46.1 Å². The second kappa shape index (κ2) is 22.6. The van der Waals surface area contributed by atoms with Gasteiger partial charge in [0.05, 0.1) is 27.3 Å². The third-order valence-electron chi connectivity index (χ3n) is 11.8. The zero-order chi connectivity index (χ0) is 48.3. The topological polar surface area (TPSA) is 191 Å². The molecule has 21 heteroatoms. The minimum atomic E-state index is -4.43. The summed E-state index contributed by atoms with van der Waals surface area (Å²) in [7, 11) is 7.70. The quantitative estimate of drug-likeness (QED) is 0.0647. The molecule has 0 bridgehead atoms. The number of nitrogens with one attached hydrogen (secondary N) is 1.